The van der Waals surface area contributed by atoms with Crippen molar-refractivity contribution in [2.24, 2.45) is 5.92 Å². The summed E-state index contributed by atoms with van der Waals surface area (Å²) in [4.78, 5) is 0. The molecule has 0 saturated heterocycles. The van der Waals surface area contributed by atoms with Crippen LogP contribution < -0.4 is 5.32 Å². The molecule has 0 bridgehead atoms. The van der Waals surface area contributed by atoms with E-state index in [1.165, 1.54) is 43.6 Å². The first-order chi connectivity index (χ1) is 6.93. The van der Waals surface area contributed by atoms with Crippen molar-refractivity contribution in [2.75, 3.05) is 6.54 Å². The zero-order valence-electron chi connectivity index (χ0n) is 8.46. The van der Waals surface area contributed by atoms with Crippen LogP contribution in [0.4, 0.5) is 0 Å². The van der Waals surface area contributed by atoms with Crippen LogP contribution in [0, 0.1) is 5.92 Å². The van der Waals surface area contributed by atoms with Crippen molar-refractivity contribution < 1.29 is 4.42 Å². The standard InChI is InChI=1S/C12H17NO/c1-2-11(13-8-9-4-5-9)10-6-7-14-12(10)3-1/h6-7,9,11,13H,1-5,8H2/t11-/m1/s1. The van der Waals surface area contributed by atoms with Crippen LogP contribution in [-0.2, 0) is 6.42 Å². The Balaban J connectivity index is 1.68. The van der Waals surface area contributed by atoms with Gasteiger partial charge < -0.3 is 9.73 Å². The highest BCUT2D eigenvalue weighted by atomic mass is 16.3. The van der Waals surface area contributed by atoms with Crippen LogP contribution in [0.5, 0.6) is 0 Å². The van der Waals surface area contributed by atoms with Gasteiger partial charge in [0.25, 0.3) is 0 Å². The van der Waals surface area contributed by atoms with Crippen molar-refractivity contribution in [2.45, 2.75) is 38.1 Å². The highest BCUT2D eigenvalue weighted by molar-refractivity contribution is 5.24. The first-order valence-electron chi connectivity index (χ1n) is 5.73. The normalized spacial score (nSPS) is 26.1. The first-order valence-corrected chi connectivity index (χ1v) is 5.73. The lowest BCUT2D eigenvalue weighted by Gasteiger charge is -2.22. The second-order valence-corrected chi connectivity index (χ2v) is 4.60. The molecule has 2 aliphatic carbocycles. The Hall–Kier alpha value is -0.760. The van der Waals surface area contributed by atoms with Gasteiger partial charge in [0.2, 0.25) is 0 Å². The van der Waals surface area contributed by atoms with E-state index >= 15 is 0 Å². The summed E-state index contributed by atoms with van der Waals surface area (Å²) in [5.74, 6) is 2.18. The Kier molecular flexibility index (Phi) is 2.09. The molecule has 14 heavy (non-hydrogen) atoms. The van der Waals surface area contributed by atoms with Crippen LogP contribution in [0.2, 0.25) is 0 Å². The molecular formula is C12H17NO. The SMILES string of the molecule is c1cc2c(o1)CCC[C@H]2NCC1CC1. The third-order valence-electron chi connectivity index (χ3n) is 3.40. The number of furan rings is 1. The van der Waals surface area contributed by atoms with E-state index in [4.69, 9.17) is 4.42 Å². The molecule has 1 aromatic heterocycles. The highest BCUT2D eigenvalue weighted by Gasteiger charge is 2.26. The zero-order valence-corrected chi connectivity index (χ0v) is 8.46. The van der Waals surface area contributed by atoms with Crippen LogP contribution in [0.15, 0.2) is 16.7 Å². The zero-order chi connectivity index (χ0) is 9.38. The maximum atomic E-state index is 5.47. The summed E-state index contributed by atoms with van der Waals surface area (Å²) in [6, 6.07) is 2.71. The minimum absolute atomic E-state index is 0.568. The van der Waals surface area contributed by atoms with Crippen LogP contribution in [0.1, 0.15) is 43.0 Å². The van der Waals surface area contributed by atoms with Gasteiger partial charge in [0.15, 0.2) is 0 Å². The number of fused-ring (bicyclic) bond motifs is 1. The molecule has 1 aromatic rings. The van der Waals surface area contributed by atoms with Gasteiger partial charge in [-0.2, -0.15) is 0 Å². The lowest BCUT2D eigenvalue weighted by Crippen LogP contribution is -2.26. The van der Waals surface area contributed by atoms with Gasteiger partial charge in [0.05, 0.1) is 6.26 Å². The van der Waals surface area contributed by atoms with E-state index in [-0.39, 0.29) is 0 Å². The smallest absolute Gasteiger partial charge is 0.108 e. The molecule has 0 amide bonds. The van der Waals surface area contributed by atoms with Crippen LogP contribution in [0.3, 0.4) is 0 Å². The molecule has 3 rings (SSSR count). The summed E-state index contributed by atoms with van der Waals surface area (Å²) < 4.78 is 5.47. The minimum Gasteiger partial charge on any atom is -0.469 e. The average Bonchev–Trinajstić information content (AvgIpc) is 2.91. The van der Waals surface area contributed by atoms with Crippen molar-refractivity contribution in [1.82, 2.24) is 5.32 Å². The fraction of sp³-hybridized carbons (Fsp3) is 0.667. The van der Waals surface area contributed by atoms with Gasteiger partial charge in [-0.3, -0.25) is 0 Å². The van der Waals surface area contributed by atoms with Crippen molar-refractivity contribution in [3.63, 3.8) is 0 Å². The molecule has 1 fully saturated rings. The number of hydrogen-bond acceptors (Lipinski definition) is 2. The molecule has 1 N–H and O–H groups in total. The molecule has 0 unspecified atom stereocenters. The molecule has 76 valence electrons. The van der Waals surface area contributed by atoms with Crippen LogP contribution in [-0.4, -0.2) is 6.54 Å². The summed E-state index contributed by atoms with van der Waals surface area (Å²) >= 11 is 0. The van der Waals surface area contributed by atoms with E-state index < -0.39 is 0 Å². The molecule has 1 heterocycles. The van der Waals surface area contributed by atoms with Gasteiger partial charge in [-0.15, -0.1) is 0 Å². The predicted molar refractivity (Wildman–Crippen MR) is 55.1 cm³/mol. The van der Waals surface area contributed by atoms with E-state index in [1.807, 2.05) is 6.26 Å². The Morgan fingerprint density at radius 2 is 2.29 bits per heavy atom. The molecule has 0 aliphatic heterocycles. The van der Waals surface area contributed by atoms with Gasteiger partial charge in [-0.1, -0.05) is 0 Å². The fourth-order valence-electron chi connectivity index (χ4n) is 2.33. The highest BCUT2D eigenvalue weighted by Crippen LogP contribution is 2.33. The van der Waals surface area contributed by atoms with E-state index in [9.17, 15) is 0 Å². The largest absolute Gasteiger partial charge is 0.469 e. The second kappa shape index (κ2) is 3.43. The summed E-state index contributed by atoms with van der Waals surface area (Å²) in [7, 11) is 0. The van der Waals surface area contributed by atoms with Crippen molar-refractivity contribution in [3.8, 4) is 0 Å². The first kappa shape index (κ1) is 8.54. The van der Waals surface area contributed by atoms with Gasteiger partial charge >= 0.3 is 0 Å². The molecule has 0 radical (unpaired) electrons. The number of rotatable bonds is 3. The van der Waals surface area contributed by atoms with Crippen LogP contribution in [0.25, 0.3) is 0 Å². The molecule has 0 aromatic carbocycles. The second-order valence-electron chi connectivity index (χ2n) is 4.60. The molecule has 1 atom stereocenters. The monoisotopic (exact) mass is 191 g/mol. The average molecular weight is 191 g/mol. The van der Waals surface area contributed by atoms with Crippen LogP contribution >= 0.6 is 0 Å². The molecular weight excluding hydrogens is 174 g/mol. The topological polar surface area (TPSA) is 25.2 Å². The van der Waals surface area contributed by atoms with Gasteiger partial charge in [-0.25, -0.2) is 0 Å². The van der Waals surface area contributed by atoms with Gasteiger partial charge in [0, 0.05) is 18.0 Å². The maximum Gasteiger partial charge on any atom is 0.108 e. The third kappa shape index (κ3) is 1.59. The quantitative estimate of drug-likeness (QED) is 0.794. The Bertz CT molecular complexity index is 314. The van der Waals surface area contributed by atoms with E-state index in [2.05, 4.69) is 11.4 Å². The van der Waals surface area contributed by atoms with E-state index in [0.29, 0.717) is 6.04 Å². The Labute approximate surface area is 84.7 Å². The summed E-state index contributed by atoms with van der Waals surface area (Å²) in [5, 5.41) is 3.67. The summed E-state index contributed by atoms with van der Waals surface area (Å²) in [5.41, 5.74) is 1.41. The van der Waals surface area contributed by atoms with Crippen molar-refractivity contribution in [3.05, 3.63) is 23.7 Å². The predicted octanol–water partition coefficient (Wildman–Crippen LogP) is 2.66. The van der Waals surface area contributed by atoms with Gasteiger partial charge in [-0.05, 0) is 44.2 Å². The molecule has 0 spiro atoms. The minimum atomic E-state index is 0.568. The van der Waals surface area contributed by atoms with E-state index in [0.717, 1.165) is 12.3 Å². The Morgan fingerprint density at radius 1 is 1.36 bits per heavy atom. The molecule has 1 saturated carbocycles. The maximum absolute atomic E-state index is 5.47. The lowest BCUT2D eigenvalue weighted by atomic mass is 9.93. The number of aryl methyl sites for hydroxylation is 1. The van der Waals surface area contributed by atoms with Crippen molar-refractivity contribution in [1.29, 1.82) is 0 Å². The molecule has 2 nitrogen and oxygen atoms in total. The molecule has 2 aliphatic rings. The molecule has 2 heteroatoms. The van der Waals surface area contributed by atoms with Crippen molar-refractivity contribution >= 4 is 0 Å². The Morgan fingerprint density at radius 3 is 3.14 bits per heavy atom. The summed E-state index contributed by atoms with van der Waals surface area (Å²) in [6.07, 6.45) is 8.36. The summed E-state index contributed by atoms with van der Waals surface area (Å²) in [6.45, 7) is 1.20. The third-order valence-corrected chi connectivity index (χ3v) is 3.40. The van der Waals surface area contributed by atoms with E-state index in [1.54, 1.807) is 0 Å². The number of nitrogens with one attached hydrogen (secondary N) is 1. The van der Waals surface area contributed by atoms with Gasteiger partial charge in [0.1, 0.15) is 5.76 Å². The number of hydrogen-bond donors (Lipinski definition) is 1. The lowest BCUT2D eigenvalue weighted by molar-refractivity contribution is 0.407. The fourth-order valence-corrected chi connectivity index (χ4v) is 2.33.